The van der Waals surface area contributed by atoms with E-state index in [-0.39, 0.29) is 12.3 Å². The molecule has 0 saturated carbocycles. The standard InChI is InChI=1S/C18H18N2O4/c21-16-9-8-14(19-16)17(22)20-15(18(23)24)10-12-6-3-5-11-4-1-2-7-13(11)12/h1-7,14-15H,8-10H2,(H,19,21)(H,20,22)(H,23,24)/t14-,15-/m1/s1. The first-order chi connectivity index (χ1) is 11.5. The lowest BCUT2D eigenvalue weighted by Gasteiger charge is -2.18. The van der Waals surface area contributed by atoms with Gasteiger partial charge in [0.1, 0.15) is 12.1 Å². The zero-order chi connectivity index (χ0) is 17.1. The summed E-state index contributed by atoms with van der Waals surface area (Å²) in [6.45, 7) is 0. The smallest absolute Gasteiger partial charge is 0.326 e. The van der Waals surface area contributed by atoms with Crippen LogP contribution in [0.2, 0.25) is 0 Å². The minimum absolute atomic E-state index is 0.184. The summed E-state index contributed by atoms with van der Waals surface area (Å²) in [5.74, 6) is -1.73. The number of carboxylic acids is 1. The third-order valence-electron chi connectivity index (χ3n) is 4.23. The van der Waals surface area contributed by atoms with Crippen molar-refractivity contribution in [3.05, 3.63) is 48.0 Å². The van der Waals surface area contributed by atoms with E-state index in [4.69, 9.17) is 0 Å². The second-order valence-corrected chi connectivity index (χ2v) is 5.90. The Hall–Kier alpha value is -2.89. The van der Waals surface area contributed by atoms with Gasteiger partial charge in [-0.25, -0.2) is 4.79 Å². The Bertz CT molecular complexity index is 797. The Morgan fingerprint density at radius 1 is 1.21 bits per heavy atom. The Labute approximate surface area is 138 Å². The molecule has 3 rings (SSSR count). The van der Waals surface area contributed by atoms with Gasteiger partial charge in [0.05, 0.1) is 0 Å². The first-order valence-corrected chi connectivity index (χ1v) is 7.84. The van der Waals surface area contributed by atoms with Crippen LogP contribution < -0.4 is 10.6 Å². The van der Waals surface area contributed by atoms with Crippen molar-refractivity contribution in [1.29, 1.82) is 0 Å². The maximum absolute atomic E-state index is 12.2. The van der Waals surface area contributed by atoms with Crippen LogP contribution in [0.1, 0.15) is 18.4 Å². The van der Waals surface area contributed by atoms with Gasteiger partial charge >= 0.3 is 5.97 Å². The second kappa shape index (κ2) is 6.70. The molecule has 1 aliphatic rings. The predicted molar refractivity (Wildman–Crippen MR) is 88.4 cm³/mol. The number of carbonyl (C=O) groups excluding carboxylic acids is 2. The van der Waals surface area contributed by atoms with E-state index in [0.29, 0.717) is 12.8 Å². The Kier molecular flexibility index (Phi) is 4.46. The molecule has 1 fully saturated rings. The fourth-order valence-corrected chi connectivity index (χ4v) is 2.97. The molecule has 1 aliphatic heterocycles. The van der Waals surface area contributed by atoms with E-state index in [9.17, 15) is 19.5 Å². The van der Waals surface area contributed by atoms with E-state index in [1.807, 2.05) is 42.5 Å². The van der Waals surface area contributed by atoms with E-state index in [1.165, 1.54) is 0 Å². The van der Waals surface area contributed by atoms with E-state index in [0.717, 1.165) is 16.3 Å². The first kappa shape index (κ1) is 16.0. The lowest BCUT2D eigenvalue weighted by molar-refractivity contribution is -0.142. The molecule has 2 aromatic carbocycles. The summed E-state index contributed by atoms with van der Waals surface area (Å²) in [5.41, 5.74) is 0.858. The summed E-state index contributed by atoms with van der Waals surface area (Å²) in [5, 5.41) is 16.5. The van der Waals surface area contributed by atoms with Gasteiger partial charge < -0.3 is 15.7 Å². The average Bonchev–Trinajstić information content (AvgIpc) is 3.01. The van der Waals surface area contributed by atoms with Gasteiger partial charge in [-0.2, -0.15) is 0 Å². The molecule has 24 heavy (non-hydrogen) atoms. The number of carbonyl (C=O) groups is 3. The number of nitrogens with one attached hydrogen (secondary N) is 2. The first-order valence-electron chi connectivity index (χ1n) is 7.84. The average molecular weight is 326 g/mol. The molecular weight excluding hydrogens is 308 g/mol. The van der Waals surface area contributed by atoms with Crippen LogP contribution in [0.15, 0.2) is 42.5 Å². The number of aliphatic carboxylic acids is 1. The molecule has 2 atom stereocenters. The summed E-state index contributed by atoms with van der Waals surface area (Å²) in [6.07, 6.45) is 0.869. The molecule has 3 N–H and O–H groups in total. The van der Waals surface area contributed by atoms with Gasteiger partial charge in [-0.15, -0.1) is 0 Å². The number of amides is 2. The van der Waals surface area contributed by atoms with Gasteiger partial charge in [-0.05, 0) is 22.8 Å². The maximum Gasteiger partial charge on any atom is 0.326 e. The largest absolute Gasteiger partial charge is 0.480 e. The van der Waals surface area contributed by atoms with Crippen LogP contribution in [0.4, 0.5) is 0 Å². The van der Waals surface area contributed by atoms with Gasteiger partial charge in [-0.3, -0.25) is 9.59 Å². The lowest BCUT2D eigenvalue weighted by Crippen LogP contribution is -2.49. The number of hydrogen-bond acceptors (Lipinski definition) is 3. The molecular formula is C18H18N2O4. The monoisotopic (exact) mass is 326 g/mol. The zero-order valence-corrected chi connectivity index (χ0v) is 13.0. The van der Waals surface area contributed by atoms with Crippen molar-refractivity contribution in [1.82, 2.24) is 10.6 Å². The highest BCUT2D eigenvalue weighted by molar-refractivity contribution is 5.93. The van der Waals surface area contributed by atoms with Crippen LogP contribution in [0.3, 0.4) is 0 Å². The van der Waals surface area contributed by atoms with Gasteiger partial charge in [0.15, 0.2) is 0 Å². The molecule has 0 unspecified atom stereocenters. The molecule has 0 spiro atoms. The molecule has 0 aromatic heterocycles. The van der Waals surface area contributed by atoms with Crippen molar-refractivity contribution in [3.8, 4) is 0 Å². The molecule has 6 nitrogen and oxygen atoms in total. The van der Waals surface area contributed by atoms with E-state index >= 15 is 0 Å². The van der Waals surface area contributed by atoms with Crippen LogP contribution in [0, 0.1) is 0 Å². The molecule has 6 heteroatoms. The summed E-state index contributed by atoms with van der Waals surface area (Å²) >= 11 is 0. The summed E-state index contributed by atoms with van der Waals surface area (Å²) in [7, 11) is 0. The minimum Gasteiger partial charge on any atom is -0.480 e. The normalized spacial score (nSPS) is 18.2. The van der Waals surface area contributed by atoms with E-state index < -0.39 is 24.0 Å². The summed E-state index contributed by atoms with van der Waals surface area (Å²) < 4.78 is 0. The number of benzene rings is 2. The Morgan fingerprint density at radius 3 is 2.67 bits per heavy atom. The highest BCUT2D eigenvalue weighted by Crippen LogP contribution is 2.20. The second-order valence-electron chi connectivity index (χ2n) is 5.90. The fourth-order valence-electron chi connectivity index (χ4n) is 2.97. The van der Waals surface area contributed by atoms with Crippen LogP contribution in [-0.2, 0) is 20.8 Å². The minimum atomic E-state index is -1.10. The lowest BCUT2D eigenvalue weighted by atomic mass is 9.98. The highest BCUT2D eigenvalue weighted by atomic mass is 16.4. The molecule has 0 bridgehead atoms. The van der Waals surface area contributed by atoms with Crippen LogP contribution >= 0.6 is 0 Å². The topological polar surface area (TPSA) is 95.5 Å². The van der Waals surface area contributed by atoms with E-state index in [1.54, 1.807) is 0 Å². The van der Waals surface area contributed by atoms with Crippen LogP contribution in [-0.4, -0.2) is 35.0 Å². The number of rotatable bonds is 5. The Balaban J connectivity index is 1.77. The number of hydrogen-bond donors (Lipinski definition) is 3. The van der Waals surface area contributed by atoms with Gasteiger partial charge in [0, 0.05) is 12.8 Å². The maximum atomic E-state index is 12.2. The molecule has 1 heterocycles. The van der Waals surface area contributed by atoms with Crippen molar-refractivity contribution >= 4 is 28.6 Å². The van der Waals surface area contributed by atoms with Crippen molar-refractivity contribution in [2.24, 2.45) is 0 Å². The summed E-state index contributed by atoms with van der Waals surface area (Å²) in [6, 6.07) is 11.7. The zero-order valence-electron chi connectivity index (χ0n) is 13.0. The quantitative estimate of drug-likeness (QED) is 0.770. The third-order valence-corrected chi connectivity index (χ3v) is 4.23. The van der Waals surface area contributed by atoms with Crippen LogP contribution in [0.5, 0.6) is 0 Å². The predicted octanol–water partition coefficient (Wildman–Crippen LogP) is 1.23. The Morgan fingerprint density at radius 2 is 1.96 bits per heavy atom. The summed E-state index contributed by atoms with van der Waals surface area (Å²) in [4.78, 5) is 34.9. The fraction of sp³-hybridized carbons (Fsp3) is 0.278. The SMILES string of the molecule is O=C1CC[C@H](C(=O)N[C@H](Cc2cccc3ccccc23)C(=O)O)N1. The highest BCUT2D eigenvalue weighted by Gasteiger charge is 2.30. The number of carboxylic acid groups (broad SMARTS) is 1. The van der Waals surface area contributed by atoms with Crippen molar-refractivity contribution in [2.75, 3.05) is 0 Å². The van der Waals surface area contributed by atoms with Crippen molar-refractivity contribution in [2.45, 2.75) is 31.3 Å². The molecule has 2 amide bonds. The molecule has 0 aliphatic carbocycles. The van der Waals surface area contributed by atoms with Crippen molar-refractivity contribution in [3.63, 3.8) is 0 Å². The van der Waals surface area contributed by atoms with Gasteiger partial charge in [-0.1, -0.05) is 42.5 Å². The molecule has 1 saturated heterocycles. The van der Waals surface area contributed by atoms with Gasteiger partial charge in [0.2, 0.25) is 11.8 Å². The van der Waals surface area contributed by atoms with E-state index in [2.05, 4.69) is 10.6 Å². The molecule has 124 valence electrons. The molecule has 0 radical (unpaired) electrons. The van der Waals surface area contributed by atoms with Crippen molar-refractivity contribution < 1.29 is 19.5 Å². The molecule has 2 aromatic rings. The third kappa shape index (κ3) is 3.37. The number of fused-ring (bicyclic) bond motifs is 1. The van der Waals surface area contributed by atoms with Crippen LogP contribution in [0.25, 0.3) is 10.8 Å². The van der Waals surface area contributed by atoms with Gasteiger partial charge in [0.25, 0.3) is 0 Å².